The van der Waals surface area contributed by atoms with Crippen LogP contribution in [-0.4, -0.2) is 10.1 Å². The highest BCUT2D eigenvalue weighted by atomic mass is 35.5. The monoisotopic (exact) mass is 254 g/mol. The average Bonchev–Trinajstić information content (AvgIpc) is 2.70. The Labute approximate surface area is 103 Å². The molecule has 3 nitrogen and oxygen atoms in total. The van der Waals surface area contributed by atoms with Gasteiger partial charge in [0.05, 0.1) is 11.1 Å². The Morgan fingerprint density at radius 1 is 1.50 bits per heavy atom. The number of hydrogen-bond donors (Lipinski definition) is 2. The van der Waals surface area contributed by atoms with Crippen LogP contribution in [-0.2, 0) is 6.42 Å². The highest BCUT2D eigenvalue weighted by Gasteiger charge is 2.13. The maximum absolute atomic E-state index is 10.0. The van der Waals surface area contributed by atoms with Crippen molar-refractivity contribution in [3.05, 3.63) is 45.4 Å². The van der Waals surface area contributed by atoms with Gasteiger partial charge in [-0.05, 0) is 12.1 Å². The summed E-state index contributed by atoms with van der Waals surface area (Å²) in [6.07, 6.45) is 1.56. The predicted molar refractivity (Wildman–Crippen MR) is 66.6 cm³/mol. The summed E-state index contributed by atoms with van der Waals surface area (Å²) in [4.78, 5) is 4.12. The van der Waals surface area contributed by atoms with Crippen molar-refractivity contribution in [2.24, 2.45) is 0 Å². The van der Waals surface area contributed by atoms with E-state index in [0.29, 0.717) is 22.7 Å². The molecule has 5 heteroatoms. The maximum atomic E-state index is 10.0. The molecule has 1 aromatic carbocycles. The number of halogens is 1. The first-order valence-electron chi connectivity index (χ1n) is 4.78. The van der Waals surface area contributed by atoms with Gasteiger partial charge in [-0.2, -0.15) is 0 Å². The lowest BCUT2D eigenvalue weighted by Gasteiger charge is -2.12. The molecule has 0 aliphatic carbocycles. The molecule has 3 N–H and O–H groups in total. The van der Waals surface area contributed by atoms with Crippen molar-refractivity contribution in [3.8, 4) is 0 Å². The Bertz CT molecular complexity index is 473. The molecular weight excluding hydrogens is 244 g/mol. The van der Waals surface area contributed by atoms with Gasteiger partial charge in [-0.3, -0.25) is 0 Å². The van der Waals surface area contributed by atoms with Gasteiger partial charge in [-0.15, -0.1) is 11.3 Å². The van der Waals surface area contributed by atoms with Crippen LogP contribution >= 0.6 is 22.9 Å². The molecule has 2 aromatic rings. The molecule has 0 amide bonds. The number of aliphatic hydroxyl groups is 1. The Kier molecular flexibility index (Phi) is 3.43. The van der Waals surface area contributed by atoms with Gasteiger partial charge in [0, 0.05) is 34.3 Å². The van der Waals surface area contributed by atoms with E-state index in [0.717, 1.165) is 5.01 Å². The van der Waals surface area contributed by atoms with Gasteiger partial charge in [0.25, 0.3) is 0 Å². The topological polar surface area (TPSA) is 59.1 Å². The van der Waals surface area contributed by atoms with E-state index in [1.54, 1.807) is 24.4 Å². The summed E-state index contributed by atoms with van der Waals surface area (Å²) in [7, 11) is 0. The number of nitrogens with zero attached hydrogens (tertiary/aromatic N) is 1. The number of rotatable bonds is 3. The third-order valence-electron chi connectivity index (χ3n) is 2.26. The van der Waals surface area contributed by atoms with Crippen LogP contribution in [0.1, 0.15) is 16.7 Å². The minimum Gasteiger partial charge on any atom is -0.398 e. The first kappa shape index (κ1) is 11.4. The summed E-state index contributed by atoms with van der Waals surface area (Å²) < 4.78 is 0. The van der Waals surface area contributed by atoms with Gasteiger partial charge in [-0.25, -0.2) is 4.98 Å². The Hall–Kier alpha value is -1.10. The molecule has 2 rings (SSSR count). The van der Waals surface area contributed by atoms with E-state index in [4.69, 9.17) is 17.3 Å². The summed E-state index contributed by atoms with van der Waals surface area (Å²) in [5.74, 6) is 0. The third kappa shape index (κ3) is 2.52. The fraction of sp³-hybridized carbons (Fsp3) is 0.182. The summed E-state index contributed by atoms with van der Waals surface area (Å²) >= 11 is 7.31. The second-order valence-electron chi connectivity index (χ2n) is 3.42. The van der Waals surface area contributed by atoms with Crippen molar-refractivity contribution in [1.82, 2.24) is 4.98 Å². The number of thiazole rings is 1. The van der Waals surface area contributed by atoms with Gasteiger partial charge in [-0.1, -0.05) is 17.7 Å². The lowest BCUT2D eigenvalue weighted by atomic mass is 10.1. The van der Waals surface area contributed by atoms with E-state index < -0.39 is 6.10 Å². The number of aromatic nitrogens is 1. The molecule has 0 aliphatic rings. The zero-order chi connectivity index (χ0) is 11.5. The number of anilines is 1. The molecule has 1 atom stereocenters. The maximum Gasteiger partial charge on any atom is 0.0954 e. The number of nitrogen functional groups attached to an aromatic ring is 1. The molecule has 0 saturated carbocycles. The first-order valence-corrected chi connectivity index (χ1v) is 6.04. The normalized spacial score (nSPS) is 12.6. The SMILES string of the molecule is Nc1cc(Cl)ccc1C(O)Cc1nccs1. The summed E-state index contributed by atoms with van der Waals surface area (Å²) in [5.41, 5.74) is 6.99. The zero-order valence-electron chi connectivity index (χ0n) is 8.43. The molecule has 0 saturated heterocycles. The fourth-order valence-electron chi connectivity index (χ4n) is 1.48. The van der Waals surface area contributed by atoms with Crippen LogP contribution in [0.4, 0.5) is 5.69 Å². The van der Waals surface area contributed by atoms with Crippen LogP contribution < -0.4 is 5.73 Å². The minimum absolute atomic E-state index is 0.476. The molecule has 16 heavy (non-hydrogen) atoms. The number of nitrogens with two attached hydrogens (primary N) is 1. The van der Waals surface area contributed by atoms with Gasteiger partial charge in [0.2, 0.25) is 0 Å². The van der Waals surface area contributed by atoms with E-state index in [1.165, 1.54) is 11.3 Å². The van der Waals surface area contributed by atoms with Crippen molar-refractivity contribution in [2.75, 3.05) is 5.73 Å². The highest BCUT2D eigenvalue weighted by molar-refractivity contribution is 7.09. The quantitative estimate of drug-likeness (QED) is 0.828. The van der Waals surface area contributed by atoms with Gasteiger partial charge in [0.15, 0.2) is 0 Å². The van der Waals surface area contributed by atoms with E-state index >= 15 is 0 Å². The number of benzene rings is 1. The molecule has 1 heterocycles. The third-order valence-corrected chi connectivity index (χ3v) is 3.30. The van der Waals surface area contributed by atoms with Crippen LogP contribution in [0.25, 0.3) is 0 Å². The van der Waals surface area contributed by atoms with Crippen molar-refractivity contribution in [2.45, 2.75) is 12.5 Å². The van der Waals surface area contributed by atoms with Crippen LogP contribution in [0.2, 0.25) is 5.02 Å². The fourth-order valence-corrected chi connectivity index (χ4v) is 2.31. The Morgan fingerprint density at radius 3 is 2.94 bits per heavy atom. The molecule has 0 fully saturated rings. The summed E-state index contributed by atoms with van der Waals surface area (Å²) in [6.45, 7) is 0. The molecule has 0 bridgehead atoms. The first-order chi connectivity index (χ1) is 7.66. The van der Waals surface area contributed by atoms with E-state index in [9.17, 15) is 5.11 Å². The molecule has 0 radical (unpaired) electrons. The van der Waals surface area contributed by atoms with Crippen molar-refractivity contribution < 1.29 is 5.11 Å². The van der Waals surface area contributed by atoms with Crippen LogP contribution in [0, 0.1) is 0 Å². The summed E-state index contributed by atoms with van der Waals surface area (Å²) in [6, 6.07) is 5.11. The van der Waals surface area contributed by atoms with Crippen LogP contribution in [0.15, 0.2) is 29.8 Å². The predicted octanol–water partition coefficient (Wildman–Crippen LogP) is 2.65. The molecule has 1 aromatic heterocycles. The van der Waals surface area contributed by atoms with Crippen molar-refractivity contribution >= 4 is 28.6 Å². The van der Waals surface area contributed by atoms with Crippen molar-refractivity contribution in [1.29, 1.82) is 0 Å². The second kappa shape index (κ2) is 4.82. The van der Waals surface area contributed by atoms with Gasteiger partial charge in [0.1, 0.15) is 0 Å². The molecular formula is C11H11ClN2OS. The number of aliphatic hydroxyl groups excluding tert-OH is 1. The lowest BCUT2D eigenvalue weighted by Crippen LogP contribution is -2.05. The minimum atomic E-state index is -0.636. The Balaban J connectivity index is 2.17. The second-order valence-corrected chi connectivity index (χ2v) is 4.83. The molecule has 0 spiro atoms. The molecule has 84 valence electrons. The van der Waals surface area contributed by atoms with Gasteiger partial charge >= 0.3 is 0 Å². The lowest BCUT2D eigenvalue weighted by molar-refractivity contribution is 0.179. The van der Waals surface area contributed by atoms with E-state index in [1.807, 2.05) is 5.38 Å². The zero-order valence-corrected chi connectivity index (χ0v) is 10.0. The number of hydrogen-bond acceptors (Lipinski definition) is 4. The smallest absolute Gasteiger partial charge is 0.0954 e. The van der Waals surface area contributed by atoms with Crippen LogP contribution in [0.5, 0.6) is 0 Å². The molecule has 1 unspecified atom stereocenters. The standard InChI is InChI=1S/C11H11ClN2OS/c12-7-1-2-8(9(13)5-7)10(15)6-11-14-3-4-16-11/h1-5,10,15H,6,13H2. The Morgan fingerprint density at radius 2 is 2.31 bits per heavy atom. The van der Waals surface area contributed by atoms with E-state index in [-0.39, 0.29) is 0 Å². The highest BCUT2D eigenvalue weighted by Crippen LogP contribution is 2.26. The van der Waals surface area contributed by atoms with Crippen LogP contribution in [0.3, 0.4) is 0 Å². The summed E-state index contributed by atoms with van der Waals surface area (Å²) in [5, 5.41) is 13.4. The van der Waals surface area contributed by atoms with E-state index in [2.05, 4.69) is 4.98 Å². The van der Waals surface area contributed by atoms with Crippen molar-refractivity contribution in [3.63, 3.8) is 0 Å². The largest absolute Gasteiger partial charge is 0.398 e. The average molecular weight is 255 g/mol. The molecule has 0 aliphatic heterocycles. The van der Waals surface area contributed by atoms with Gasteiger partial charge < -0.3 is 10.8 Å².